The van der Waals surface area contributed by atoms with Gasteiger partial charge < -0.3 is 45.4 Å². The maximum absolute atomic E-state index is 16.0. The summed E-state index contributed by atoms with van der Waals surface area (Å²) in [6.45, 7) is 6.34. The van der Waals surface area contributed by atoms with E-state index in [1.165, 1.54) is 12.3 Å². The number of carboxylic acid groups (broad SMARTS) is 1. The third-order valence-electron chi connectivity index (χ3n) is 14.3. The predicted molar refractivity (Wildman–Crippen MR) is 275 cm³/mol. The lowest BCUT2D eigenvalue weighted by atomic mass is 9.82. The summed E-state index contributed by atoms with van der Waals surface area (Å²) in [6, 6.07) is 11.7. The highest BCUT2D eigenvalue weighted by Crippen LogP contribution is 2.41. The number of nitrogens with one attached hydrogen (secondary N) is 4. The van der Waals surface area contributed by atoms with Gasteiger partial charge in [0.15, 0.2) is 0 Å². The topological polar surface area (TPSA) is 228 Å². The van der Waals surface area contributed by atoms with Gasteiger partial charge in [-0.25, -0.2) is 28.4 Å². The number of rotatable bonds is 17. The molecule has 3 saturated heterocycles. The number of nitrogens with zero attached hydrogens (tertiary/aromatic N) is 5. The number of alkyl carbamates (subject to hydrolysis) is 1. The highest BCUT2D eigenvalue weighted by molar-refractivity contribution is 5.87. The molecule has 3 aliphatic heterocycles. The van der Waals surface area contributed by atoms with E-state index in [1.54, 1.807) is 63.4 Å². The van der Waals surface area contributed by atoms with Crippen LogP contribution in [0.5, 0.6) is 0 Å². The number of hydrogen-bond acceptors (Lipinski definition) is 12. The summed E-state index contributed by atoms with van der Waals surface area (Å²) < 4.78 is 85.9. The van der Waals surface area contributed by atoms with Crippen LogP contribution in [-0.2, 0) is 36.8 Å². The molecule has 7 rings (SSSR count). The van der Waals surface area contributed by atoms with Crippen molar-refractivity contribution < 1.29 is 65.6 Å². The molecule has 7 atom stereocenters. The Morgan fingerprint density at radius 2 is 1.50 bits per heavy atom. The number of fused-ring (bicyclic) bond motifs is 2. The molecule has 2 unspecified atom stereocenters. The van der Waals surface area contributed by atoms with Crippen LogP contribution in [0.1, 0.15) is 82.6 Å². The molecule has 0 spiro atoms. The van der Waals surface area contributed by atoms with Crippen molar-refractivity contribution in [2.45, 2.75) is 122 Å². The molecule has 5 amide bonds. The van der Waals surface area contributed by atoms with Crippen LogP contribution in [0, 0.1) is 34.3 Å². The van der Waals surface area contributed by atoms with Gasteiger partial charge >= 0.3 is 18.4 Å². The van der Waals surface area contributed by atoms with Gasteiger partial charge in [-0.2, -0.15) is 13.2 Å². The quantitative estimate of drug-likeness (QED) is 0.0400. The molecule has 0 saturated carbocycles. The van der Waals surface area contributed by atoms with Gasteiger partial charge in [0.25, 0.3) is 11.8 Å². The number of piperazine rings is 1. The number of aromatic nitrogens is 2. The summed E-state index contributed by atoms with van der Waals surface area (Å²) in [7, 11) is 0.889. The van der Waals surface area contributed by atoms with Gasteiger partial charge in [0.2, 0.25) is 5.91 Å². The fraction of sp³-hybridized carbons (Fsp3) is 0.473. The Labute approximate surface area is 448 Å². The molecule has 2 aromatic carbocycles. The highest BCUT2D eigenvalue weighted by Gasteiger charge is 2.56. The first-order valence-electron chi connectivity index (χ1n) is 25.4. The lowest BCUT2D eigenvalue weighted by Crippen LogP contribution is -2.63. The highest BCUT2D eigenvalue weighted by atomic mass is 19.4. The number of carbonyl (C=O) groups excluding carboxylic acids is 4. The predicted octanol–water partition coefficient (Wildman–Crippen LogP) is 6.10. The third-order valence-corrected chi connectivity index (χ3v) is 14.3. The Kier molecular flexibility index (Phi) is 18.3. The largest absolute Gasteiger partial charge is 0.465 e. The van der Waals surface area contributed by atoms with Crippen molar-refractivity contribution in [2.75, 3.05) is 38.3 Å². The third kappa shape index (κ3) is 14.2. The van der Waals surface area contributed by atoms with Crippen LogP contribution in [0.4, 0.5) is 37.4 Å². The van der Waals surface area contributed by atoms with Gasteiger partial charge in [-0.1, -0.05) is 50.8 Å². The van der Waals surface area contributed by atoms with Crippen molar-refractivity contribution in [3.05, 3.63) is 113 Å². The van der Waals surface area contributed by atoms with E-state index < -0.39 is 95.5 Å². The molecular weight excluding hydrogens is 1030 g/mol. The summed E-state index contributed by atoms with van der Waals surface area (Å²) in [5, 5.41) is 29.1. The molecular formula is C55H64F5N9O9. The number of aliphatic hydroxyl groups excluding tert-OH is 1. The summed E-state index contributed by atoms with van der Waals surface area (Å²) in [5.41, 5.74) is -0.316. The van der Waals surface area contributed by atoms with E-state index in [9.17, 15) is 47.4 Å². The Hall–Kier alpha value is -7.42. The first-order chi connectivity index (χ1) is 36.8. The van der Waals surface area contributed by atoms with Crippen LogP contribution in [0.15, 0.2) is 79.1 Å². The Morgan fingerprint density at radius 1 is 0.846 bits per heavy atom. The number of hydrogen-bond donors (Lipinski definition) is 6. The van der Waals surface area contributed by atoms with Crippen LogP contribution < -0.4 is 26.3 Å². The van der Waals surface area contributed by atoms with Gasteiger partial charge in [0.05, 0.1) is 30.4 Å². The summed E-state index contributed by atoms with van der Waals surface area (Å²) in [5.74, 6) is 2.39. The van der Waals surface area contributed by atoms with Crippen LogP contribution in [0.2, 0.25) is 0 Å². The molecule has 3 fully saturated rings. The average molecular weight is 1090 g/mol. The summed E-state index contributed by atoms with van der Waals surface area (Å²) in [4.78, 5) is 78.5. The lowest BCUT2D eigenvalue weighted by molar-refractivity contribution is -0.220. The zero-order valence-electron chi connectivity index (χ0n) is 44.0. The van der Waals surface area contributed by atoms with Gasteiger partial charge in [0, 0.05) is 79.5 Å². The van der Waals surface area contributed by atoms with E-state index in [1.807, 2.05) is 22.3 Å². The van der Waals surface area contributed by atoms with Gasteiger partial charge in [-0.3, -0.25) is 24.8 Å². The number of anilines is 1. The number of aliphatic hydroxyl groups is 1. The number of halogens is 5. The zero-order chi connectivity index (χ0) is 56.7. The van der Waals surface area contributed by atoms with Crippen molar-refractivity contribution in [1.82, 2.24) is 41.3 Å². The van der Waals surface area contributed by atoms with Crippen molar-refractivity contribution in [2.24, 2.45) is 10.8 Å². The second-order valence-electron chi connectivity index (χ2n) is 21.3. The number of amides is 5. The summed E-state index contributed by atoms with van der Waals surface area (Å²) in [6.07, 6.45) is -4.05. The molecule has 78 heavy (non-hydrogen) atoms. The SMILES string of the molecule is COC(=O)N[C@H](C(=O)N[C@@H](Cc1ccc(C#Cc2ccc(N3CC4CCC(C3)N4C(=O)[C@@H]3CCCO3)nc2)cc1)[C@@H](O)CN(Cc1c(F)cc(-c2ccccn2)cc1F)NC(=O)[C@@H](NC(=O)O)C(C)(C)C)C(C)(C)C(F)(F)F. The lowest BCUT2D eigenvalue weighted by Gasteiger charge is -2.42. The molecule has 2 bridgehead atoms. The number of ether oxygens (including phenoxy) is 2. The smallest absolute Gasteiger partial charge is 0.407 e. The van der Waals surface area contributed by atoms with Gasteiger partial charge in [-0.05, 0) is 105 Å². The molecule has 3 aliphatic rings. The number of pyridine rings is 2. The Morgan fingerprint density at radius 3 is 2.05 bits per heavy atom. The normalized spacial score (nSPS) is 19.0. The monoisotopic (exact) mass is 1090 g/mol. The maximum atomic E-state index is 16.0. The van der Waals surface area contributed by atoms with Crippen molar-refractivity contribution in [3.8, 4) is 23.1 Å². The molecule has 418 valence electrons. The fourth-order valence-corrected chi connectivity index (χ4v) is 9.77. The van der Waals surface area contributed by atoms with E-state index >= 15 is 8.78 Å². The second-order valence-corrected chi connectivity index (χ2v) is 21.3. The molecule has 0 aliphatic carbocycles. The number of alkyl halides is 3. The van der Waals surface area contributed by atoms with Crippen LogP contribution in [0.3, 0.4) is 0 Å². The van der Waals surface area contributed by atoms with Crippen molar-refractivity contribution in [1.29, 1.82) is 0 Å². The first kappa shape index (κ1) is 58.3. The average Bonchev–Trinajstić information content (AvgIpc) is 4.15. The second kappa shape index (κ2) is 24.5. The van der Waals surface area contributed by atoms with E-state index in [4.69, 9.17) is 4.74 Å². The van der Waals surface area contributed by atoms with E-state index in [-0.39, 0.29) is 41.8 Å². The minimum Gasteiger partial charge on any atom is -0.465 e. The van der Waals surface area contributed by atoms with Gasteiger partial charge in [-0.15, -0.1) is 0 Å². The van der Waals surface area contributed by atoms with E-state index in [0.29, 0.717) is 50.2 Å². The molecule has 4 aromatic rings. The maximum Gasteiger partial charge on any atom is 0.407 e. The van der Waals surface area contributed by atoms with Crippen molar-refractivity contribution >= 4 is 35.7 Å². The summed E-state index contributed by atoms with van der Waals surface area (Å²) >= 11 is 0. The Balaban J connectivity index is 1.13. The molecule has 6 N–H and O–H groups in total. The van der Waals surface area contributed by atoms with Crippen LogP contribution in [0.25, 0.3) is 11.3 Å². The van der Waals surface area contributed by atoms with E-state index in [2.05, 4.69) is 47.5 Å². The number of methoxy groups -OCH3 is 1. The molecule has 2 aromatic heterocycles. The minimum absolute atomic E-state index is 0.0735. The molecule has 0 radical (unpaired) electrons. The van der Waals surface area contributed by atoms with Gasteiger partial charge in [0.1, 0.15) is 35.6 Å². The standard InChI is InChI=1S/C55H64F5N9O9/c1-53(2,3)46(64-51(74)75)49(72)66-68(30-38-39(56)25-35(26-40(38)57)41-10-7-8-22-61-41)31-43(70)42(63-48(71)47(65-52(76)77-6)54(4,5)55(58,59)60)24-33-15-12-32(13-16-33)14-17-34-18-21-45(62-27-34)67-28-36-19-20-37(29-67)69(36)50(73)44-11-9-23-78-44/h7-8,10,12-13,15-16,18,21-22,25-27,36-37,42-44,46-47,64,70H,9,11,19-20,23-24,28-31H2,1-6H3,(H,63,71)(H,65,76)(H,66,72)(H,74,75)/t36?,37?,42-,43-,44-,46+,47+/m0/s1. The Bertz CT molecular complexity index is 2820. The zero-order valence-corrected chi connectivity index (χ0v) is 44.0. The number of hydrazine groups is 1. The van der Waals surface area contributed by atoms with E-state index in [0.717, 1.165) is 55.8 Å². The molecule has 5 heterocycles. The van der Waals surface area contributed by atoms with Crippen molar-refractivity contribution in [3.63, 3.8) is 0 Å². The number of carbonyl (C=O) groups is 5. The number of benzene rings is 2. The first-order valence-corrected chi connectivity index (χ1v) is 25.4. The van der Waals surface area contributed by atoms with Crippen LogP contribution >= 0.6 is 0 Å². The van der Waals surface area contributed by atoms with Crippen LogP contribution in [-0.4, -0.2) is 142 Å². The minimum atomic E-state index is -5.07. The fourth-order valence-electron chi connectivity index (χ4n) is 9.77. The molecule has 18 nitrogen and oxygen atoms in total. The molecule has 23 heteroatoms.